The molecule has 3 nitrogen and oxygen atoms in total. The average molecular weight is 316 g/mol. The molecule has 0 saturated heterocycles. The molecule has 0 aliphatic carbocycles. The Bertz CT molecular complexity index is 655. The molecular weight excluding hydrogens is 295 g/mol. The van der Waals surface area contributed by atoms with Crippen LogP contribution >= 0.6 is 0 Å². The molecular formula is C19H21FO3. The Morgan fingerprint density at radius 1 is 1.17 bits per heavy atom. The minimum atomic E-state index is -0.560. The van der Waals surface area contributed by atoms with Crippen molar-refractivity contribution in [2.75, 3.05) is 6.61 Å². The van der Waals surface area contributed by atoms with Crippen LogP contribution in [0.2, 0.25) is 0 Å². The number of esters is 1. The lowest BCUT2D eigenvalue weighted by Crippen LogP contribution is -2.20. The molecule has 0 fully saturated rings. The van der Waals surface area contributed by atoms with Crippen molar-refractivity contribution in [3.05, 3.63) is 59.9 Å². The van der Waals surface area contributed by atoms with E-state index in [9.17, 15) is 9.18 Å². The van der Waals surface area contributed by atoms with Gasteiger partial charge in [-0.1, -0.05) is 42.5 Å². The predicted molar refractivity (Wildman–Crippen MR) is 87.5 cm³/mol. The first-order valence-corrected chi connectivity index (χ1v) is 7.69. The Morgan fingerprint density at radius 2 is 1.87 bits per heavy atom. The zero-order valence-corrected chi connectivity index (χ0v) is 13.3. The molecule has 122 valence electrons. The van der Waals surface area contributed by atoms with E-state index >= 15 is 0 Å². The van der Waals surface area contributed by atoms with Crippen molar-refractivity contribution in [3.63, 3.8) is 0 Å². The maximum absolute atomic E-state index is 14.4. The molecule has 0 spiro atoms. The van der Waals surface area contributed by atoms with Crippen LogP contribution in [0, 0.1) is 5.82 Å². The number of halogens is 1. The van der Waals surface area contributed by atoms with Gasteiger partial charge in [0.1, 0.15) is 11.9 Å². The quantitative estimate of drug-likeness (QED) is 0.822. The van der Waals surface area contributed by atoms with Gasteiger partial charge in [0.05, 0.1) is 5.92 Å². The van der Waals surface area contributed by atoms with E-state index in [1.807, 2.05) is 30.3 Å². The number of aliphatic hydroxyl groups excluding tert-OH is 1. The SMILES string of the molecule is CC(CCO)OC(=O)C(C)c1ccc(-c2ccccc2)c(F)c1. The molecule has 0 aromatic heterocycles. The van der Waals surface area contributed by atoms with Gasteiger partial charge in [-0.15, -0.1) is 0 Å². The highest BCUT2D eigenvalue weighted by Crippen LogP contribution is 2.27. The summed E-state index contributed by atoms with van der Waals surface area (Å²) in [5.41, 5.74) is 1.87. The first-order chi connectivity index (χ1) is 11.0. The Labute approximate surface area is 135 Å². The van der Waals surface area contributed by atoms with Crippen molar-refractivity contribution in [1.82, 2.24) is 0 Å². The number of ether oxygens (including phenoxy) is 1. The number of carbonyl (C=O) groups is 1. The van der Waals surface area contributed by atoms with E-state index in [4.69, 9.17) is 9.84 Å². The van der Waals surface area contributed by atoms with E-state index < -0.39 is 11.9 Å². The molecule has 2 aromatic rings. The maximum Gasteiger partial charge on any atom is 0.313 e. The standard InChI is InChI=1S/C19H21FO3/c1-13(10-11-21)23-19(22)14(2)16-8-9-17(18(20)12-16)15-6-4-3-5-7-15/h3-9,12-14,21H,10-11H2,1-2H3. The van der Waals surface area contributed by atoms with Gasteiger partial charge in [0, 0.05) is 18.6 Å². The van der Waals surface area contributed by atoms with E-state index in [1.54, 1.807) is 26.0 Å². The first-order valence-electron chi connectivity index (χ1n) is 7.69. The van der Waals surface area contributed by atoms with Crippen LogP contribution in [0.15, 0.2) is 48.5 Å². The molecule has 23 heavy (non-hydrogen) atoms. The molecule has 0 bridgehead atoms. The summed E-state index contributed by atoms with van der Waals surface area (Å²) in [6.45, 7) is 3.37. The normalized spacial score (nSPS) is 13.4. The van der Waals surface area contributed by atoms with Crippen molar-refractivity contribution >= 4 is 5.97 Å². The lowest BCUT2D eigenvalue weighted by atomic mass is 9.97. The number of aliphatic hydroxyl groups is 1. The lowest BCUT2D eigenvalue weighted by Gasteiger charge is -2.17. The third-order valence-electron chi connectivity index (χ3n) is 3.78. The lowest BCUT2D eigenvalue weighted by molar-refractivity contribution is -0.150. The second-order valence-corrected chi connectivity index (χ2v) is 5.59. The molecule has 0 heterocycles. The summed E-state index contributed by atoms with van der Waals surface area (Å²) >= 11 is 0. The molecule has 0 radical (unpaired) electrons. The predicted octanol–water partition coefficient (Wildman–Crippen LogP) is 3.91. The minimum absolute atomic E-state index is 0.0385. The second kappa shape index (κ2) is 7.88. The molecule has 1 N–H and O–H groups in total. The number of carbonyl (C=O) groups excluding carboxylic acids is 1. The van der Waals surface area contributed by atoms with Crippen molar-refractivity contribution in [2.45, 2.75) is 32.3 Å². The van der Waals surface area contributed by atoms with Crippen molar-refractivity contribution in [3.8, 4) is 11.1 Å². The van der Waals surface area contributed by atoms with Gasteiger partial charge in [0.2, 0.25) is 0 Å². The smallest absolute Gasteiger partial charge is 0.313 e. The van der Waals surface area contributed by atoms with E-state index in [0.717, 1.165) is 5.56 Å². The fraction of sp³-hybridized carbons (Fsp3) is 0.316. The highest BCUT2D eigenvalue weighted by molar-refractivity contribution is 5.78. The zero-order valence-electron chi connectivity index (χ0n) is 13.3. The topological polar surface area (TPSA) is 46.5 Å². The molecule has 0 aliphatic rings. The molecule has 0 amide bonds. The van der Waals surface area contributed by atoms with Crippen LogP contribution in [0.4, 0.5) is 4.39 Å². The largest absolute Gasteiger partial charge is 0.462 e. The van der Waals surface area contributed by atoms with Gasteiger partial charge in [-0.25, -0.2) is 4.39 Å². The van der Waals surface area contributed by atoms with Crippen LogP contribution < -0.4 is 0 Å². The van der Waals surface area contributed by atoms with Gasteiger partial charge in [-0.2, -0.15) is 0 Å². The van der Waals surface area contributed by atoms with Crippen molar-refractivity contribution < 1.29 is 19.0 Å². The highest BCUT2D eigenvalue weighted by Gasteiger charge is 2.20. The summed E-state index contributed by atoms with van der Waals surface area (Å²) in [6.07, 6.45) is 0.0307. The number of benzene rings is 2. The highest BCUT2D eigenvalue weighted by atomic mass is 19.1. The Morgan fingerprint density at radius 3 is 2.48 bits per heavy atom. The van der Waals surface area contributed by atoms with Crippen molar-refractivity contribution in [1.29, 1.82) is 0 Å². The molecule has 2 aromatic carbocycles. The second-order valence-electron chi connectivity index (χ2n) is 5.59. The van der Waals surface area contributed by atoms with Gasteiger partial charge >= 0.3 is 5.97 Å². The van der Waals surface area contributed by atoms with Gasteiger partial charge in [-0.3, -0.25) is 4.79 Å². The molecule has 0 aliphatic heterocycles. The fourth-order valence-electron chi connectivity index (χ4n) is 2.33. The molecule has 2 rings (SSSR count). The summed E-state index contributed by atoms with van der Waals surface area (Å²) in [7, 11) is 0. The van der Waals surface area contributed by atoms with Crippen LogP contribution in [-0.4, -0.2) is 23.8 Å². The van der Waals surface area contributed by atoms with E-state index in [2.05, 4.69) is 0 Å². The molecule has 4 heteroatoms. The zero-order chi connectivity index (χ0) is 16.8. The third kappa shape index (κ3) is 4.39. The van der Waals surface area contributed by atoms with E-state index in [0.29, 0.717) is 17.5 Å². The number of hydrogen-bond acceptors (Lipinski definition) is 3. The Hall–Kier alpha value is -2.20. The number of rotatable bonds is 6. The van der Waals surface area contributed by atoms with Crippen LogP contribution in [0.5, 0.6) is 0 Å². The van der Waals surface area contributed by atoms with Gasteiger partial charge in [0.25, 0.3) is 0 Å². The average Bonchev–Trinajstić information content (AvgIpc) is 2.55. The maximum atomic E-state index is 14.4. The van der Waals surface area contributed by atoms with Crippen molar-refractivity contribution in [2.24, 2.45) is 0 Å². The fourth-order valence-corrected chi connectivity index (χ4v) is 2.33. The van der Waals surface area contributed by atoms with E-state index in [-0.39, 0.29) is 18.5 Å². The minimum Gasteiger partial charge on any atom is -0.462 e. The van der Waals surface area contributed by atoms with E-state index in [1.165, 1.54) is 6.07 Å². The third-order valence-corrected chi connectivity index (χ3v) is 3.78. The van der Waals surface area contributed by atoms with Crippen LogP contribution in [0.3, 0.4) is 0 Å². The summed E-state index contributed by atoms with van der Waals surface area (Å²) in [5.74, 6) is -1.34. The summed E-state index contributed by atoms with van der Waals surface area (Å²) in [5, 5.41) is 8.84. The van der Waals surface area contributed by atoms with Crippen LogP contribution in [-0.2, 0) is 9.53 Å². The first kappa shape index (κ1) is 17.2. The van der Waals surface area contributed by atoms with Gasteiger partial charge in [-0.05, 0) is 31.0 Å². The monoisotopic (exact) mass is 316 g/mol. The Balaban J connectivity index is 2.15. The van der Waals surface area contributed by atoms with Gasteiger partial charge < -0.3 is 9.84 Å². The number of hydrogen-bond donors (Lipinski definition) is 1. The molecule has 0 saturated carbocycles. The van der Waals surface area contributed by atoms with Gasteiger partial charge in [0.15, 0.2) is 0 Å². The summed E-state index contributed by atoms with van der Waals surface area (Å²) < 4.78 is 19.6. The molecule has 2 unspecified atom stereocenters. The summed E-state index contributed by atoms with van der Waals surface area (Å²) in [6, 6.07) is 14.1. The van der Waals surface area contributed by atoms with Crippen LogP contribution in [0.25, 0.3) is 11.1 Å². The summed E-state index contributed by atoms with van der Waals surface area (Å²) in [4.78, 5) is 12.1. The Kier molecular flexibility index (Phi) is 5.88. The molecule has 2 atom stereocenters. The van der Waals surface area contributed by atoms with Crippen LogP contribution in [0.1, 0.15) is 31.7 Å².